The summed E-state index contributed by atoms with van der Waals surface area (Å²) >= 11 is 0. The van der Waals surface area contributed by atoms with Crippen LogP contribution in [0.2, 0.25) is 0 Å². The van der Waals surface area contributed by atoms with E-state index in [1.54, 1.807) is 6.92 Å². The molecule has 0 saturated heterocycles. The predicted octanol–water partition coefficient (Wildman–Crippen LogP) is 2.51. The lowest BCUT2D eigenvalue weighted by atomic mass is 10.1. The minimum Gasteiger partial charge on any atom is -0.309 e. The summed E-state index contributed by atoms with van der Waals surface area (Å²) in [5.74, 6) is 0. The number of rotatable bonds is 3. The molecule has 4 nitrogen and oxygen atoms in total. The maximum absolute atomic E-state index is 12.1. The van der Waals surface area contributed by atoms with E-state index in [0.29, 0.717) is 5.56 Å². The van der Waals surface area contributed by atoms with Crippen molar-refractivity contribution in [3.8, 4) is 6.07 Å². The van der Waals surface area contributed by atoms with Crippen molar-refractivity contribution in [2.75, 3.05) is 0 Å². The monoisotopic (exact) mass is 274 g/mol. The smallest absolute Gasteiger partial charge is 0.309 e. The Morgan fingerprint density at radius 2 is 2.00 bits per heavy atom. The molecule has 1 unspecified atom stereocenters. The van der Waals surface area contributed by atoms with Gasteiger partial charge in [0.05, 0.1) is 17.7 Å². The third kappa shape index (κ3) is 3.83. The van der Waals surface area contributed by atoms with Gasteiger partial charge in [-0.15, -0.1) is 13.2 Å². The van der Waals surface area contributed by atoms with Crippen LogP contribution in [0.3, 0.4) is 0 Å². The van der Waals surface area contributed by atoms with Crippen molar-refractivity contribution in [1.29, 1.82) is 5.26 Å². The van der Waals surface area contributed by atoms with Gasteiger partial charge in [0.2, 0.25) is 0 Å². The van der Waals surface area contributed by atoms with Gasteiger partial charge in [-0.2, -0.15) is 5.26 Å². The molecule has 1 rings (SSSR count). The highest BCUT2D eigenvalue weighted by atomic mass is 19.4. The number of hydrogen-bond donors (Lipinski definition) is 0. The average molecular weight is 274 g/mol. The van der Waals surface area contributed by atoms with Crippen molar-refractivity contribution < 1.29 is 17.9 Å². The van der Waals surface area contributed by atoms with Crippen LogP contribution in [-0.2, 0) is 4.74 Å². The minimum absolute atomic E-state index is 0.241. The van der Waals surface area contributed by atoms with Crippen molar-refractivity contribution in [2.45, 2.75) is 39.3 Å². The van der Waals surface area contributed by atoms with Crippen molar-refractivity contribution in [3.63, 3.8) is 0 Å². The summed E-state index contributed by atoms with van der Waals surface area (Å²) in [6.45, 7) is 4.23. The van der Waals surface area contributed by atoms with E-state index in [-0.39, 0.29) is 5.56 Å². The van der Waals surface area contributed by atoms with Gasteiger partial charge < -0.3 is 4.57 Å². The number of ether oxygens (including phenoxy) is 1. The Labute approximate surface area is 108 Å². The fraction of sp³-hybridized carbons (Fsp3) is 0.500. The number of hydrogen-bond acceptors (Lipinski definition) is 3. The predicted molar refractivity (Wildman–Crippen MR) is 61.5 cm³/mol. The molecule has 0 amide bonds. The van der Waals surface area contributed by atoms with Crippen LogP contribution in [0, 0.1) is 18.3 Å². The highest BCUT2D eigenvalue weighted by Crippen LogP contribution is 2.24. The number of nitrogens with zero attached hydrogens (tertiary/aromatic N) is 2. The number of pyridine rings is 1. The van der Waals surface area contributed by atoms with Crippen molar-refractivity contribution in [1.82, 2.24) is 4.57 Å². The minimum atomic E-state index is -4.76. The number of aryl methyl sites for hydroxylation is 1. The van der Waals surface area contributed by atoms with E-state index in [2.05, 4.69) is 4.74 Å². The first-order valence-corrected chi connectivity index (χ1v) is 5.53. The van der Waals surface area contributed by atoms with Crippen LogP contribution in [0.15, 0.2) is 17.1 Å². The fourth-order valence-electron chi connectivity index (χ4n) is 1.61. The molecule has 104 valence electrons. The summed E-state index contributed by atoms with van der Waals surface area (Å²) in [5.41, 5.74) is 0.257. The molecule has 0 bridgehead atoms. The summed E-state index contributed by atoms with van der Waals surface area (Å²) in [6.07, 6.45) is -4.76. The zero-order valence-electron chi connectivity index (χ0n) is 10.7. The fourth-order valence-corrected chi connectivity index (χ4v) is 1.61. The highest BCUT2D eigenvalue weighted by Gasteiger charge is 2.34. The first kappa shape index (κ1) is 15.2. The second-order valence-corrected chi connectivity index (χ2v) is 4.24. The third-order valence-electron chi connectivity index (χ3n) is 2.85. The van der Waals surface area contributed by atoms with Gasteiger partial charge in [-0.05, 0) is 26.3 Å². The maximum Gasteiger partial charge on any atom is 0.522 e. The van der Waals surface area contributed by atoms with E-state index >= 15 is 0 Å². The van der Waals surface area contributed by atoms with Crippen molar-refractivity contribution >= 4 is 0 Å². The Balaban J connectivity index is 3.10. The van der Waals surface area contributed by atoms with Gasteiger partial charge in [-0.1, -0.05) is 0 Å². The molecular weight excluding hydrogens is 261 g/mol. The van der Waals surface area contributed by atoms with E-state index in [1.165, 1.54) is 26.1 Å². The molecular formula is C12H13F3N2O2. The third-order valence-corrected chi connectivity index (χ3v) is 2.85. The van der Waals surface area contributed by atoms with Crippen LogP contribution < -0.4 is 5.56 Å². The molecule has 2 atom stereocenters. The number of aromatic nitrogens is 1. The quantitative estimate of drug-likeness (QED) is 0.851. The highest BCUT2D eigenvalue weighted by molar-refractivity contribution is 5.34. The van der Waals surface area contributed by atoms with Crippen LogP contribution in [-0.4, -0.2) is 17.0 Å². The van der Waals surface area contributed by atoms with Crippen molar-refractivity contribution in [3.05, 3.63) is 33.7 Å². The first-order chi connectivity index (χ1) is 8.65. The second kappa shape index (κ2) is 5.45. The molecule has 1 aromatic heterocycles. The molecule has 1 heterocycles. The van der Waals surface area contributed by atoms with E-state index in [1.807, 2.05) is 6.07 Å². The Kier molecular flexibility index (Phi) is 4.37. The van der Waals surface area contributed by atoms with Crippen LogP contribution >= 0.6 is 0 Å². The zero-order valence-corrected chi connectivity index (χ0v) is 10.7. The molecule has 0 N–H and O–H groups in total. The molecule has 0 aromatic carbocycles. The van der Waals surface area contributed by atoms with Crippen LogP contribution in [0.5, 0.6) is 0 Å². The number of nitriles is 1. The molecule has 0 aliphatic rings. The zero-order chi connectivity index (χ0) is 14.8. The SMILES string of the molecule is Cc1cc(=O)n(C(C)[C@H](C)OC(F)(F)F)cc1C#N. The molecule has 0 aliphatic carbocycles. The number of halogens is 3. The van der Waals surface area contributed by atoms with Gasteiger partial charge in [-0.3, -0.25) is 9.53 Å². The van der Waals surface area contributed by atoms with E-state index < -0.39 is 24.1 Å². The maximum atomic E-state index is 12.1. The van der Waals surface area contributed by atoms with Gasteiger partial charge in [-0.25, -0.2) is 0 Å². The van der Waals surface area contributed by atoms with E-state index in [9.17, 15) is 18.0 Å². The average Bonchev–Trinajstić information content (AvgIpc) is 2.26. The van der Waals surface area contributed by atoms with Gasteiger partial charge in [0.25, 0.3) is 5.56 Å². The molecule has 0 saturated carbocycles. The topological polar surface area (TPSA) is 55.0 Å². The lowest BCUT2D eigenvalue weighted by Crippen LogP contribution is -2.33. The van der Waals surface area contributed by atoms with Gasteiger partial charge in [0.15, 0.2) is 0 Å². The summed E-state index contributed by atoms with van der Waals surface area (Å²) in [6, 6.07) is 2.25. The van der Waals surface area contributed by atoms with E-state index in [0.717, 1.165) is 4.57 Å². The van der Waals surface area contributed by atoms with Crippen LogP contribution in [0.1, 0.15) is 31.0 Å². The Morgan fingerprint density at radius 1 is 1.42 bits per heavy atom. The molecule has 0 fully saturated rings. The summed E-state index contributed by atoms with van der Waals surface area (Å²) < 4.78 is 41.3. The standard InChI is InChI=1S/C12H13F3N2O2/c1-7-4-11(18)17(6-10(7)5-16)8(2)9(3)19-12(13,14)15/h4,6,8-9H,1-3H3/t8?,9-/m0/s1. The lowest BCUT2D eigenvalue weighted by Gasteiger charge is -2.23. The summed E-state index contributed by atoms with van der Waals surface area (Å²) in [4.78, 5) is 11.7. The summed E-state index contributed by atoms with van der Waals surface area (Å²) in [5, 5.41) is 8.86. The molecule has 0 radical (unpaired) electrons. The molecule has 0 aliphatic heterocycles. The molecule has 0 spiro atoms. The van der Waals surface area contributed by atoms with Gasteiger partial charge in [0, 0.05) is 12.3 Å². The molecule has 19 heavy (non-hydrogen) atoms. The molecule has 7 heteroatoms. The number of alkyl halides is 3. The second-order valence-electron chi connectivity index (χ2n) is 4.24. The van der Waals surface area contributed by atoms with Crippen LogP contribution in [0.25, 0.3) is 0 Å². The van der Waals surface area contributed by atoms with Gasteiger partial charge >= 0.3 is 6.36 Å². The van der Waals surface area contributed by atoms with Crippen LogP contribution in [0.4, 0.5) is 13.2 Å². The van der Waals surface area contributed by atoms with Crippen molar-refractivity contribution in [2.24, 2.45) is 0 Å². The lowest BCUT2D eigenvalue weighted by molar-refractivity contribution is -0.344. The summed E-state index contributed by atoms with van der Waals surface area (Å²) in [7, 11) is 0. The Hall–Kier alpha value is -1.81. The normalized spacial score (nSPS) is 14.8. The first-order valence-electron chi connectivity index (χ1n) is 5.53. The van der Waals surface area contributed by atoms with Gasteiger partial charge in [0.1, 0.15) is 6.07 Å². The van der Waals surface area contributed by atoms with E-state index in [4.69, 9.17) is 5.26 Å². The largest absolute Gasteiger partial charge is 0.522 e. The molecule has 1 aromatic rings. The Bertz CT molecular complexity index is 558. The Morgan fingerprint density at radius 3 is 2.47 bits per heavy atom.